The molecule has 0 unspecified atom stereocenters. The number of nitrogens with zero attached hydrogens (tertiary/aromatic N) is 6. The van der Waals surface area contributed by atoms with E-state index in [1.165, 1.54) is 5.39 Å². The van der Waals surface area contributed by atoms with Crippen LogP contribution in [0.1, 0.15) is 31.5 Å². The topological polar surface area (TPSA) is 59.7 Å². The molecule has 0 saturated carbocycles. The summed E-state index contributed by atoms with van der Waals surface area (Å²) in [5.74, 6) is 2.70. The fourth-order valence-corrected chi connectivity index (χ4v) is 3.93. The third kappa shape index (κ3) is 2.25. The van der Waals surface area contributed by atoms with E-state index in [0.29, 0.717) is 5.92 Å². The Hall–Kier alpha value is -2.02. The molecule has 7 heteroatoms. The predicted molar refractivity (Wildman–Crippen MR) is 87.3 cm³/mol. The van der Waals surface area contributed by atoms with Crippen molar-refractivity contribution in [3.8, 4) is 0 Å². The van der Waals surface area contributed by atoms with E-state index in [-0.39, 0.29) is 0 Å². The zero-order chi connectivity index (χ0) is 14.9. The van der Waals surface area contributed by atoms with Gasteiger partial charge in [-0.1, -0.05) is 0 Å². The van der Waals surface area contributed by atoms with Crippen LogP contribution in [0.2, 0.25) is 0 Å². The van der Waals surface area contributed by atoms with Crippen LogP contribution in [-0.4, -0.2) is 37.8 Å². The lowest BCUT2D eigenvalue weighted by molar-refractivity contribution is 0.466. The zero-order valence-electron chi connectivity index (χ0n) is 12.5. The van der Waals surface area contributed by atoms with Gasteiger partial charge in [0.15, 0.2) is 0 Å². The molecule has 0 aliphatic carbocycles. The number of hydrogen-bond acceptors (Lipinski definition) is 6. The van der Waals surface area contributed by atoms with Gasteiger partial charge in [0.2, 0.25) is 0 Å². The number of hydrogen-bond donors (Lipinski definition) is 0. The molecule has 1 aliphatic heterocycles. The maximum atomic E-state index is 4.51. The van der Waals surface area contributed by atoms with Crippen LogP contribution in [0.5, 0.6) is 0 Å². The van der Waals surface area contributed by atoms with Gasteiger partial charge in [-0.05, 0) is 31.2 Å². The largest absolute Gasteiger partial charge is 0.356 e. The molecule has 0 N–H and O–H groups in total. The molecule has 22 heavy (non-hydrogen) atoms. The Morgan fingerprint density at radius 1 is 1.27 bits per heavy atom. The highest BCUT2D eigenvalue weighted by molar-refractivity contribution is 7.16. The molecule has 1 fully saturated rings. The first kappa shape index (κ1) is 13.6. The highest BCUT2D eigenvalue weighted by Gasteiger charge is 2.25. The molecule has 0 aromatic carbocycles. The maximum Gasteiger partial charge on any atom is 0.140 e. The normalized spacial score (nSPS) is 16.5. The molecule has 3 aromatic heterocycles. The van der Waals surface area contributed by atoms with Crippen molar-refractivity contribution in [3.05, 3.63) is 29.9 Å². The summed E-state index contributed by atoms with van der Waals surface area (Å²) >= 11 is 1.67. The first-order chi connectivity index (χ1) is 10.9. The van der Waals surface area contributed by atoms with E-state index >= 15 is 0 Å². The number of aromatic nitrogens is 5. The second-order valence-corrected chi connectivity index (χ2v) is 6.47. The highest BCUT2D eigenvalue weighted by Crippen LogP contribution is 2.32. The van der Waals surface area contributed by atoms with Gasteiger partial charge < -0.3 is 9.47 Å². The van der Waals surface area contributed by atoms with E-state index in [1.54, 1.807) is 17.7 Å². The van der Waals surface area contributed by atoms with Crippen LogP contribution in [0.25, 0.3) is 10.2 Å². The first-order valence-electron chi connectivity index (χ1n) is 7.67. The molecule has 1 saturated heterocycles. The van der Waals surface area contributed by atoms with Crippen molar-refractivity contribution in [2.45, 2.75) is 32.2 Å². The van der Waals surface area contributed by atoms with Crippen molar-refractivity contribution in [1.29, 1.82) is 0 Å². The predicted octanol–water partition coefficient (Wildman–Crippen LogP) is 2.69. The Bertz CT molecular complexity index is 771. The smallest absolute Gasteiger partial charge is 0.140 e. The van der Waals surface area contributed by atoms with Crippen molar-refractivity contribution >= 4 is 27.4 Å². The Balaban J connectivity index is 1.53. The van der Waals surface area contributed by atoms with Crippen LogP contribution < -0.4 is 4.90 Å². The van der Waals surface area contributed by atoms with Crippen LogP contribution in [0.4, 0.5) is 5.82 Å². The summed E-state index contributed by atoms with van der Waals surface area (Å²) in [4.78, 5) is 12.3. The van der Waals surface area contributed by atoms with E-state index in [9.17, 15) is 0 Å². The van der Waals surface area contributed by atoms with Crippen LogP contribution >= 0.6 is 11.3 Å². The number of rotatable bonds is 3. The molecule has 4 rings (SSSR count). The van der Waals surface area contributed by atoms with Gasteiger partial charge in [-0.2, -0.15) is 0 Å². The van der Waals surface area contributed by atoms with Crippen molar-refractivity contribution in [2.24, 2.45) is 0 Å². The fraction of sp³-hybridized carbons (Fsp3) is 0.467. The maximum absolute atomic E-state index is 4.51. The quantitative estimate of drug-likeness (QED) is 0.744. The molecule has 0 bridgehead atoms. The van der Waals surface area contributed by atoms with E-state index in [1.807, 2.05) is 6.33 Å². The minimum atomic E-state index is 0.499. The summed E-state index contributed by atoms with van der Waals surface area (Å²) in [6.07, 6.45) is 5.69. The lowest BCUT2D eigenvalue weighted by atomic mass is 9.96. The molecule has 3 aromatic rings. The Morgan fingerprint density at radius 2 is 2.14 bits per heavy atom. The van der Waals surface area contributed by atoms with Gasteiger partial charge >= 0.3 is 0 Å². The summed E-state index contributed by atoms with van der Waals surface area (Å²) in [7, 11) is 0. The summed E-state index contributed by atoms with van der Waals surface area (Å²) in [5.41, 5.74) is 0. The number of anilines is 1. The number of piperidine rings is 1. The molecular weight excluding hydrogens is 296 g/mol. The van der Waals surface area contributed by atoms with Gasteiger partial charge in [0.05, 0.1) is 5.39 Å². The zero-order valence-corrected chi connectivity index (χ0v) is 13.3. The van der Waals surface area contributed by atoms with Gasteiger partial charge in [0, 0.05) is 25.6 Å². The Labute approximate surface area is 132 Å². The molecule has 0 atom stereocenters. The van der Waals surface area contributed by atoms with Gasteiger partial charge in [-0.25, -0.2) is 9.97 Å². The second kappa shape index (κ2) is 5.64. The van der Waals surface area contributed by atoms with Gasteiger partial charge in [0.25, 0.3) is 0 Å². The third-order valence-electron chi connectivity index (χ3n) is 4.39. The van der Waals surface area contributed by atoms with Crippen molar-refractivity contribution in [3.63, 3.8) is 0 Å². The Kier molecular flexibility index (Phi) is 3.49. The minimum Gasteiger partial charge on any atom is -0.356 e. The summed E-state index contributed by atoms with van der Waals surface area (Å²) in [5, 5.41) is 11.6. The summed E-state index contributed by atoms with van der Waals surface area (Å²) < 4.78 is 2.15. The molecule has 0 amide bonds. The van der Waals surface area contributed by atoms with Gasteiger partial charge in [0.1, 0.15) is 29.1 Å². The highest BCUT2D eigenvalue weighted by atomic mass is 32.1. The monoisotopic (exact) mass is 314 g/mol. The molecule has 0 spiro atoms. The molecule has 114 valence electrons. The molecular formula is C15H18N6S. The third-order valence-corrected chi connectivity index (χ3v) is 5.21. The average molecular weight is 314 g/mol. The SMILES string of the molecule is CCn1cnnc1C1CCN(c2ncnc3sccc23)CC1. The van der Waals surface area contributed by atoms with Crippen LogP contribution in [-0.2, 0) is 6.54 Å². The van der Waals surface area contributed by atoms with E-state index in [4.69, 9.17) is 0 Å². The van der Waals surface area contributed by atoms with Crippen LogP contribution in [0.15, 0.2) is 24.1 Å². The van der Waals surface area contributed by atoms with Crippen molar-refractivity contribution in [2.75, 3.05) is 18.0 Å². The van der Waals surface area contributed by atoms with Crippen LogP contribution in [0, 0.1) is 0 Å². The minimum absolute atomic E-state index is 0.499. The van der Waals surface area contributed by atoms with Crippen molar-refractivity contribution < 1.29 is 0 Å². The molecule has 6 nitrogen and oxygen atoms in total. The first-order valence-corrected chi connectivity index (χ1v) is 8.55. The number of aryl methyl sites for hydroxylation is 1. The van der Waals surface area contributed by atoms with E-state index < -0.39 is 0 Å². The lowest BCUT2D eigenvalue weighted by Gasteiger charge is -2.32. The lowest BCUT2D eigenvalue weighted by Crippen LogP contribution is -2.34. The summed E-state index contributed by atoms with van der Waals surface area (Å²) in [6, 6.07) is 2.12. The standard InChI is InChI=1S/C15H18N6S/c1-2-20-10-18-19-13(20)11-3-6-21(7-4-11)14-12-5-8-22-15(12)17-9-16-14/h5,8-11H,2-4,6-7H2,1H3. The molecule has 0 radical (unpaired) electrons. The number of thiophene rings is 1. The van der Waals surface area contributed by atoms with Crippen LogP contribution in [0.3, 0.4) is 0 Å². The fourth-order valence-electron chi connectivity index (χ4n) is 3.20. The Morgan fingerprint density at radius 3 is 2.95 bits per heavy atom. The summed E-state index contributed by atoms with van der Waals surface area (Å²) in [6.45, 7) is 5.08. The number of fused-ring (bicyclic) bond motifs is 1. The molecule has 1 aliphatic rings. The second-order valence-electron chi connectivity index (χ2n) is 5.57. The van der Waals surface area contributed by atoms with Gasteiger partial charge in [-0.15, -0.1) is 21.5 Å². The molecule has 4 heterocycles. The van der Waals surface area contributed by atoms with Crippen molar-refractivity contribution in [1.82, 2.24) is 24.7 Å². The van der Waals surface area contributed by atoms with Gasteiger partial charge in [-0.3, -0.25) is 0 Å². The average Bonchev–Trinajstić information content (AvgIpc) is 3.23. The van der Waals surface area contributed by atoms with E-state index in [2.05, 4.69) is 48.0 Å². The van der Waals surface area contributed by atoms with E-state index in [0.717, 1.165) is 48.9 Å².